The van der Waals surface area contributed by atoms with E-state index in [9.17, 15) is 0 Å². The van der Waals surface area contributed by atoms with Crippen LogP contribution in [0.1, 0.15) is 33.1 Å². The first-order valence-corrected chi connectivity index (χ1v) is 6.37. The van der Waals surface area contributed by atoms with Crippen LogP contribution in [0.15, 0.2) is 0 Å². The average Bonchev–Trinajstić information content (AvgIpc) is 3.00. The van der Waals surface area contributed by atoms with Crippen LogP contribution in [0.4, 0.5) is 11.9 Å². The summed E-state index contributed by atoms with van der Waals surface area (Å²) in [5.41, 5.74) is 5.60. The molecule has 2 N–H and O–H groups in total. The van der Waals surface area contributed by atoms with Gasteiger partial charge in [0.2, 0.25) is 17.2 Å². The first kappa shape index (κ1) is 12.4. The van der Waals surface area contributed by atoms with Crippen molar-refractivity contribution in [1.82, 2.24) is 15.0 Å². The Morgan fingerprint density at radius 1 is 1.35 bits per heavy atom. The van der Waals surface area contributed by atoms with E-state index >= 15 is 0 Å². The Bertz CT molecular complexity index is 371. The van der Waals surface area contributed by atoms with Crippen LogP contribution in [0.2, 0.25) is 5.28 Å². The second-order valence-electron chi connectivity index (χ2n) is 4.87. The smallest absolute Gasteiger partial charge is 0.231 e. The Morgan fingerprint density at radius 2 is 2.06 bits per heavy atom. The summed E-state index contributed by atoms with van der Waals surface area (Å²) in [5.74, 6) is 1.46. The van der Waals surface area contributed by atoms with Gasteiger partial charge in [-0.15, -0.1) is 0 Å². The number of rotatable bonds is 5. The van der Waals surface area contributed by atoms with Crippen LogP contribution in [0.5, 0.6) is 0 Å². The van der Waals surface area contributed by atoms with Gasteiger partial charge in [-0.25, -0.2) is 0 Å². The van der Waals surface area contributed by atoms with Gasteiger partial charge in [0.05, 0.1) is 0 Å². The monoisotopic (exact) mass is 255 g/mol. The summed E-state index contributed by atoms with van der Waals surface area (Å²) in [5, 5.41) is 0.169. The van der Waals surface area contributed by atoms with Crippen molar-refractivity contribution in [2.24, 2.45) is 5.92 Å². The van der Waals surface area contributed by atoms with Crippen LogP contribution in [0, 0.1) is 5.92 Å². The number of nitrogen functional groups attached to an aromatic ring is 1. The third-order valence-corrected chi connectivity index (χ3v) is 2.97. The molecular formula is C11H18ClN5. The van der Waals surface area contributed by atoms with E-state index in [0.717, 1.165) is 13.0 Å². The molecule has 1 aliphatic carbocycles. The zero-order chi connectivity index (χ0) is 12.4. The molecule has 1 saturated carbocycles. The summed E-state index contributed by atoms with van der Waals surface area (Å²) < 4.78 is 0. The van der Waals surface area contributed by atoms with Crippen molar-refractivity contribution in [2.75, 3.05) is 17.2 Å². The molecule has 0 atom stereocenters. The lowest BCUT2D eigenvalue weighted by atomic mass is 10.1. The van der Waals surface area contributed by atoms with E-state index in [0.29, 0.717) is 17.9 Å². The van der Waals surface area contributed by atoms with Crippen molar-refractivity contribution in [3.8, 4) is 0 Å². The summed E-state index contributed by atoms with van der Waals surface area (Å²) in [6.07, 6.45) is 3.50. The van der Waals surface area contributed by atoms with Gasteiger partial charge in [-0.3, -0.25) is 0 Å². The Balaban J connectivity index is 2.14. The second-order valence-corrected chi connectivity index (χ2v) is 5.21. The molecule has 1 aromatic heterocycles. The highest BCUT2D eigenvalue weighted by Gasteiger charge is 2.31. The lowest BCUT2D eigenvalue weighted by Crippen LogP contribution is -2.30. The molecule has 94 valence electrons. The molecule has 0 bridgehead atoms. The fraction of sp³-hybridized carbons (Fsp3) is 0.727. The van der Waals surface area contributed by atoms with E-state index in [1.807, 2.05) is 0 Å². The molecule has 1 aliphatic rings. The zero-order valence-corrected chi connectivity index (χ0v) is 11.0. The molecule has 0 radical (unpaired) electrons. The number of aromatic nitrogens is 3. The summed E-state index contributed by atoms with van der Waals surface area (Å²) in [7, 11) is 0. The Labute approximate surface area is 106 Å². The standard InChI is InChI=1S/C11H18ClN5/c1-7(2)5-6-17(8-3-4-8)11-15-9(12)14-10(13)16-11/h7-8H,3-6H2,1-2H3,(H2,13,14,15,16). The minimum Gasteiger partial charge on any atom is -0.368 e. The highest BCUT2D eigenvalue weighted by molar-refractivity contribution is 6.28. The van der Waals surface area contributed by atoms with Crippen LogP contribution in [-0.4, -0.2) is 27.5 Å². The number of hydrogen-bond acceptors (Lipinski definition) is 5. The van der Waals surface area contributed by atoms with Crippen LogP contribution in [-0.2, 0) is 0 Å². The van der Waals surface area contributed by atoms with E-state index in [1.165, 1.54) is 12.8 Å². The van der Waals surface area contributed by atoms with E-state index in [1.54, 1.807) is 0 Å². The van der Waals surface area contributed by atoms with Crippen molar-refractivity contribution in [3.05, 3.63) is 5.28 Å². The highest BCUT2D eigenvalue weighted by atomic mass is 35.5. The van der Waals surface area contributed by atoms with Crippen LogP contribution in [0.3, 0.4) is 0 Å². The normalized spacial score (nSPS) is 15.3. The highest BCUT2D eigenvalue weighted by Crippen LogP contribution is 2.30. The maximum Gasteiger partial charge on any atom is 0.231 e. The molecular weight excluding hydrogens is 238 g/mol. The van der Waals surface area contributed by atoms with E-state index in [-0.39, 0.29) is 11.2 Å². The van der Waals surface area contributed by atoms with Gasteiger partial charge in [0.15, 0.2) is 0 Å². The van der Waals surface area contributed by atoms with E-state index in [4.69, 9.17) is 17.3 Å². The second kappa shape index (κ2) is 5.04. The number of halogens is 1. The summed E-state index contributed by atoms with van der Waals surface area (Å²) in [4.78, 5) is 14.3. The van der Waals surface area contributed by atoms with Gasteiger partial charge in [0.25, 0.3) is 0 Å². The Morgan fingerprint density at radius 3 is 2.59 bits per heavy atom. The predicted octanol–water partition coefficient (Wildman–Crippen LogP) is 2.12. The van der Waals surface area contributed by atoms with Crippen LogP contribution < -0.4 is 10.6 Å². The van der Waals surface area contributed by atoms with Crippen molar-refractivity contribution >= 4 is 23.5 Å². The van der Waals surface area contributed by atoms with E-state index in [2.05, 4.69) is 33.7 Å². The van der Waals surface area contributed by atoms with Gasteiger partial charge in [-0.1, -0.05) is 13.8 Å². The molecule has 2 rings (SSSR count). The molecule has 0 aliphatic heterocycles. The van der Waals surface area contributed by atoms with Gasteiger partial charge in [0.1, 0.15) is 0 Å². The van der Waals surface area contributed by atoms with Crippen molar-refractivity contribution in [3.63, 3.8) is 0 Å². The Kier molecular flexibility index (Phi) is 3.66. The number of nitrogens with zero attached hydrogens (tertiary/aromatic N) is 4. The van der Waals surface area contributed by atoms with Crippen molar-refractivity contribution in [2.45, 2.75) is 39.2 Å². The summed E-state index contributed by atoms with van der Waals surface area (Å²) in [6, 6.07) is 0.548. The fourth-order valence-corrected chi connectivity index (χ4v) is 1.87. The topological polar surface area (TPSA) is 67.9 Å². The maximum atomic E-state index is 5.81. The number of nitrogens with two attached hydrogens (primary N) is 1. The van der Waals surface area contributed by atoms with Gasteiger partial charge < -0.3 is 10.6 Å². The SMILES string of the molecule is CC(C)CCN(c1nc(N)nc(Cl)n1)C1CC1. The molecule has 0 unspecified atom stereocenters. The largest absolute Gasteiger partial charge is 0.368 e. The average molecular weight is 256 g/mol. The fourth-order valence-electron chi connectivity index (χ4n) is 1.71. The number of anilines is 2. The molecule has 0 aromatic carbocycles. The molecule has 17 heavy (non-hydrogen) atoms. The molecule has 1 fully saturated rings. The third-order valence-electron chi connectivity index (χ3n) is 2.81. The van der Waals surface area contributed by atoms with Crippen molar-refractivity contribution < 1.29 is 0 Å². The van der Waals surface area contributed by atoms with Gasteiger partial charge >= 0.3 is 0 Å². The minimum atomic E-state index is 0.169. The maximum absolute atomic E-state index is 5.81. The quantitative estimate of drug-likeness (QED) is 0.873. The zero-order valence-electron chi connectivity index (χ0n) is 10.2. The van der Waals surface area contributed by atoms with Crippen molar-refractivity contribution in [1.29, 1.82) is 0 Å². The predicted molar refractivity (Wildman–Crippen MR) is 69.1 cm³/mol. The minimum absolute atomic E-state index is 0.169. The lowest BCUT2D eigenvalue weighted by Gasteiger charge is -2.23. The third kappa shape index (κ3) is 3.43. The number of hydrogen-bond donors (Lipinski definition) is 1. The first-order chi connectivity index (χ1) is 8.06. The molecule has 0 spiro atoms. The van der Waals surface area contributed by atoms with Gasteiger partial charge in [-0.05, 0) is 36.8 Å². The summed E-state index contributed by atoms with van der Waals surface area (Å²) >= 11 is 5.81. The molecule has 6 heteroatoms. The van der Waals surface area contributed by atoms with Gasteiger partial charge in [-0.2, -0.15) is 15.0 Å². The molecule has 0 amide bonds. The van der Waals surface area contributed by atoms with Gasteiger partial charge in [0, 0.05) is 12.6 Å². The first-order valence-electron chi connectivity index (χ1n) is 6.00. The molecule has 1 heterocycles. The molecule has 0 saturated heterocycles. The Hall–Kier alpha value is -1.10. The molecule has 5 nitrogen and oxygen atoms in total. The summed E-state index contributed by atoms with van der Waals surface area (Å²) in [6.45, 7) is 5.36. The van der Waals surface area contributed by atoms with Crippen LogP contribution in [0.25, 0.3) is 0 Å². The molecule has 1 aromatic rings. The van der Waals surface area contributed by atoms with Crippen LogP contribution >= 0.6 is 11.6 Å². The van der Waals surface area contributed by atoms with E-state index < -0.39 is 0 Å². The lowest BCUT2D eigenvalue weighted by molar-refractivity contribution is 0.565.